The van der Waals surface area contributed by atoms with Crippen LogP contribution in [-0.2, 0) is 16.6 Å². The molecule has 2 aromatic rings. The van der Waals surface area contributed by atoms with E-state index < -0.39 is 10.0 Å². The molecule has 5 nitrogen and oxygen atoms in total. The Hall–Kier alpha value is -2.34. The lowest BCUT2D eigenvalue weighted by Gasteiger charge is -2.25. The molecule has 1 atom stereocenters. The van der Waals surface area contributed by atoms with Gasteiger partial charge in [0.2, 0.25) is 10.0 Å². The van der Waals surface area contributed by atoms with E-state index in [1.54, 1.807) is 24.3 Å². The van der Waals surface area contributed by atoms with Crippen LogP contribution in [0.15, 0.2) is 54.6 Å². The fourth-order valence-electron chi connectivity index (χ4n) is 2.46. The third kappa shape index (κ3) is 5.08. The number of carbonyl (C=O) groups excluding carboxylic acids is 1. The first-order valence-electron chi connectivity index (χ1n) is 8.61. The Morgan fingerprint density at radius 1 is 1.00 bits per heavy atom. The van der Waals surface area contributed by atoms with Gasteiger partial charge in [-0.25, -0.2) is 8.42 Å². The van der Waals surface area contributed by atoms with Gasteiger partial charge in [0.05, 0.1) is 24.1 Å². The monoisotopic (exact) mass is 374 g/mol. The molecule has 140 valence electrons. The van der Waals surface area contributed by atoms with Gasteiger partial charge in [-0.15, -0.1) is 0 Å². The third-order valence-electron chi connectivity index (χ3n) is 4.35. The minimum absolute atomic E-state index is 0.0173. The number of hydrogen-bond donors (Lipinski definition) is 1. The summed E-state index contributed by atoms with van der Waals surface area (Å²) in [5.41, 5.74) is 1.58. The second kappa shape index (κ2) is 8.36. The molecule has 1 amide bonds. The van der Waals surface area contributed by atoms with Crippen molar-refractivity contribution in [3.63, 3.8) is 0 Å². The van der Waals surface area contributed by atoms with E-state index in [1.807, 2.05) is 51.1 Å². The number of nitrogens with one attached hydrogen (secondary N) is 1. The Balaban J connectivity index is 2.42. The van der Waals surface area contributed by atoms with E-state index in [1.165, 1.54) is 4.31 Å². The van der Waals surface area contributed by atoms with Gasteiger partial charge >= 0.3 is 0 Å². The average Bonchev–Trinajstić information content (AvgIpc) is 2.59. The van der Waals surface area contributed by atoms with Gasteiger partial charge in [-0.3, -0.25) is 9.10 Å². The van der Waals surface area contributed by atoms with Crippen molar-refractivity contribution in [2.45, 2.75) is 33.4 Å². The Bertz CT molecular complexity index is 848. The number of hydrogen-bond acceptors (Lipinski definition) is 3. The molecule has 0 spiro atoms. The molecule has 2 aromatic carbocycles. The number of nitrogens with zero attached hydrogens (tertiary/aromatic N) is 1. The summed E-state index contributed by atoms with van der Waals surface area (Å²) in [5.74, 6) is 0.00459. The predicted molar refractivity (Wildman–Crippen MR) is 106 cm³/mol. The van der Waals surface area contributed by atoms with E-state index in [9.17, 15) is 13.2 Å². The van der Waals surface area contributed by atoms with E-state index in [4.69, 9.17) is 0 Å². The molecule has 0 aliphatic rings. The number of benzene rings is 2. The normalized spacial score (nSPS) is 12.7. The van der Waals surface area contributed by atoms with E-state index >= 15 is 0 Å². The number of carbonyl (C=O) groups is 1. The maximum absolute atomic E-state index is 12.7. The van der Waals surface area contributed by atoms with Crippen LogP contribution in [0.1, 0.15) is 36.7 Å². The van der Waals surface area contributed by atoms with Crippen molar-refractivity contribution >= 4 is 21.6 Å². The Morgan fingerprint density at radius 3 is 2.15 bits per heavy atom. The van der Waals surface area contributed by atoms with Crippen molar-refractivity contribution in [3.8, 4) is 0 Å². The van der Waals surface area contributed by atoms with Crippen molar-refractivity contribution in [2.75, 3.05) is 10.6 Å². The summed E-state index contributed by atoms with van der Waals surface area (Å²) in [6, 6.07) is 16.1. The fraction of sp³-hybridized carbons (Fsp3) is 0.350. The molecule has 2 rings (SSSR count). The highest BCUT2D eigenvalue weighted by atomic mass is 32.2. The standard InChI is InChI=1S/C20H26N2O3S/c1-15(2)16(3)21-20(23)18-12-8-9-13-19(18)22(26(4,24)25)14-17-10-6-5-7-11-17/h5-13,15-16H,14H2,1-4H3,(H,21,23). The van der Waals surface area contributed by atoms with Crippen LogP contribution in [0.2, 0.25) is 0 Å². The molecule has 0 aliphatic carbocycles. The first-order chi connectivity index (χ1) is 12.2. The molecule has 6 heteroatoms. The minimum Gasteiger partial charge on any atom is -0.349 e. The molecule has 0 bridgehead atoms. The topological polar surface area (TPSA) is 66.5 Å². The largest absolute Gasteiger partial charge is 0.349 e. The number of sulfonamides is 1. The van der Waals surface area contributed by atoms with E-state index in [0.29, 0.717) is 11.3 Å². The number of amides is 1. The van der Waals surface area contributed by atoms with E-state index in [0.717, 1.165) is 11.8 Å². The molecular weight excluding hydrogens is 348 g/mol. The molecule has 26 heavy (non-hydrogen) atoms. The zero-order valence-corrected chi connectivity index (χ0v) is 16.5. The van der Waals surface area contributed by atoms with Crippen molar-refractivity contribution in [2.24, 2.45) is 5.92 Å². The third-order valence-corrected chi connectivity index (χ3v) is 5.47. The first-order valence-corrected chi connectivity index (χ1v) is 10.5. The molecular formula is C20H26N2O3S. The number of para-hydroxylation sites is 1. The fourth-order valence-corrected chi connectivity index (χ4v) is 3.36. The van der Waals surface area contributed by atoms with Gasteiger partial charge in [0, 0.05) is 6.04 Å². The molecule has 1 unspecified atom stereocenters. The molecule has 0 radical (unpaired) electrons. The summed E-state index contributed by atoms with van der Waals surface area (Å²) in [6.07, 6.45) is 1.15. The van der Waals surface area contributed by atoms with Crippen LogP contribution < -0.4 is 9.62 Å². The lowest BCUT2D eigenvalue weighted by atomic mass is 10.1. The van der Waals surface area contributed by atoms with Crippen LogP contribution in [0, 0.1) is 5.92 Å². The number of rotatable bonds is 7. The quantitative estimate of drug-likeness (QED) is 0.807. The second-order valence-electron chi connectivity index (χ2n) is 6.78. The van der Waals surface area contributed by atoms with Gasteiger partial charge in [-0.05, 0) is 30.5 Å². The average molecular weight is 375 g/mol. The molecule has 0 aliphatic heterocycles. The maximum atomic E-state index is 12.7. The van der Waals surface area contributed by atoms with Gasteiger partial charge in [0.1, 0.15) is 0 Å². The smallest absolute Gasteiger partial charge is 0.253 e. The predicted octanol–water partition coefficient (Wildman–Crippen LogP) is 3.43. The van der Waals surface area contributed by atoms with Gasteiger partial charge in [-0.2, -0.15) is 0 Å². The molecule has 0 fully saturated rings. The summed E-state index contributed by atoms with van der Waals surface area (Å²) < 4.78 is 26.1. The summed E-state index contributed by atoms with van der Waals surface area (Å²) >= 11 is 0. The minimum atomic E-state index is -3.56. The molecule has 0 heterocycles. The molecule has 0 saturated heterocycles. The van der Waals surface area contributed by atoms with Crippen LogP contribution in [0.3, 0.4) is 0 Å². The number of anilines is 1. The van der Waals surface area contributed by atoms with Crippen LogP contribution in [0.25, 0.3) is 0 Å². The maximum Gasteiger partial charge on any atom is 0.253 e. The summed E-state index contributed by atoms with van der Waals surface area (Å²) in [7, 11) is -3.56. The highest BCUT2D eigenvalue weighted by Gasteiger charge is 2.24. The van der Waals surface area contributed by atoms with Gasteiger partial charge in [-0.1, -0.05) is 56.3 Å². The SMILES string of the molecule is CC(C)C(C)NC(=O)c1ccccc1N(Cc1ccccc1)S(C)(=O)=O. The zero-order chi connectivity index (χ0) is 19.3. The first kappa shape index (κ1) is 20.0. The zero-order valence-electron chi connectivity index (χ0n) is 15.6. The van der Waals surface area contributed by atoms with Crippen LogP contribution in [0.5, 0.6) is 0 Å². The molecule has 0 saturated carbocycles. The van der Waals surface area contributed by atoms with E-state index in [2.05, 4.69) is 5.32 Å². The van der Waals surface area contributed by atoms with Gasteiger partial charge in [0.15, 0.2) is 0 Å². The summed E-state index contributed by atoms with van der Waals surface area (Å²) in [5, 5.41) is 2.95. The Kier molecular flexibility index (Phi) is 6.42. The second-order valence-corrected chi connectivity index (χ2v) is 8.69. The van der Waals surface area contributed by atoms with Crippen molar-refractivity contribution < 1.29 is 13.2 Å². The van der Waals surface area contributed by atoms with Crippen LogP contribution in [0.4, 0.5) is 5.69 Å². The van der Waals surface area contributed by atoms with Gasteiger partial charge < -0.3 is 5.32 Å². The van der Waals surface area contributed by atoms with Crippen LogP contribution >= 0.6 is 0 Å². The van der Waals surface area contributed by atoms with Crippen molar-refractivity contribution in [3.05, 3.63) is 65.7 Å². The lowest BCUT2D eigenvalue weighted by Crippen LogP contribution is -2.38. The summed E-state index contributed by atoms with van der Waals surface area (Å²) in [4.78, 5) is 12.7. The lowest BCUT2D eigenvalue weighted by molar-refractivity contribution is 0.0931. The Labute approximate surface area is 156 Å². The van der Waals surface area contributed by atoms with Crippen LogP contribution in [-0.4, -0.2) is 26.6 Å². The highest BCUT2D eigenvalue weighted by Crippen LogP contribution is 2.25. The summed E-state index contributed by atoms with van der Waals surface area (Å²) in [6.45, 7) is 6.15. The highest BCUT2D eigenvalue weighted by molar-refractivity contribution is 7.92. The Morgan fingerprint density at radius 2 is 1.58 bits per heavy atom. The van der Waals surface area contributed by atoms with Crippen molar-refractivity contribution in [1.82, 2.24) is 5.32 Å². The van der Waals surface area contributed by atoms with Crippen molar-refractivity contribution in [1.29, 1.82) is 0 Å². The molecule has 1 N–H and O–H groups in total. The molecule has 0 aromatic heterocycles. The van der Waals surface area contributed by atoms with E-state index in [-0.39, 0.29) is 24.4 Å². The van der Waals surface area contributed by atoms with Gasteiger partial charge in [0.25, 0.3) is 5.91 Å².